The molecule has 0 spiro atoms. The largest absolute Gasteiger partial charge is 0.383 e. The molecule has 0 atom stereocenters. The van der Waals surface area contributed by atoms with E-state index in [4.69, 9.17) is 4.74 Å². The van der Waals surface area contributed by atoms with E-state index in [2.05, 4.69) is 24.8 Å². The Hall–Kier alpha value is -1.53. The van der Waals surface area contributed by atoms with Crippen LogP contribution >= 0.6 is 0 Å². The molecule has 0 saturated carbocycles. The van der Waals surface area contributed by atoms with E-state index in [1.54, 1.807) is 7.11 Å². The Morgan fingerprint density at radius 1 is 1.41 bits per heavy atom. The molecule has 3 nitrogen and oxygen atoms in total. The fourth-order valence-corrected chi connectivity index (χ4v) is 1.95. The highest BCUT2D eigenvalue weighted by atomic mass is 16.5. The zero-order chi connectivity index (χ0) is 12.8. The van der Waals surface area contributed by atoms with Gasteiger partial charge in [-0.1, -0.05) is 12.1 Å². The molecule has 1 aromatic rings. The third-order valence-corrected chi connectivity index (χ3v) is 2.81. The van der Waals surface area contributed by atoms with Crippen molar-refractivity contribution in [1.82, 2.24) is 0 Å². The second-order valence-corrected chi connectivity index (χ2v) is 4.36. The number of anilines is 1. The van der Waals surface area contributed by atoms with Gasteiger partial charge in [-0.05, 0) is 32.4 Å². The lowest BCUT2D eigenvalue weighted by molar-refractivity contribution is 0.204. The second-order valence-electron chi connectivity index (χ2n) is 4.36. The molecule has 1 rings (SSSR count). The molecule has 0 aliphatic carbocycles. The van der Waals surface area contributed by atoms with Crippen LogP contribution in [0.2, 0.25) is 0 Å². The highest BCUT2D eigenvalue weighted by Gasteiger charge is 2.16. The van der Waals surface area contributed by atoms with Gasteiger partial charge in [0, 0.05) is 19.7 Å². The SMILES string of the molecule is COCCN(c1c(C)cccc1C#N)C(C)C. The molecule has 0 aliphatic heterocycles. The number of ether oxygens (including phenoxy) is 1. The van der Waals surface area contributed by atoms with Crippen molar-refractivity contribution >= 4 is 5.69 Å². The number of para-hydroxylation sites is 1. The summed E-state index contributed by atoms with van der Waals surface area (Å²) >= 11 is 0. The van der Waals surface area contributed by atoms with Crippen molar-refractivity contribution in [2.24, 2.45) is 0 Å². The normalized spacial score (nSPS) is 10.4. The summed E-state index contributed by atoms with van der Waals surface area (Å²) in [5.41, 5.74) is 2.89. The smallest absolute Gasteiger partial charge is 0.101 e. The van der Waals surface area contributed by atoms with Gasteiger partial charge in [-0.3, -0.25) is 0 Å². The number of aryl methyl sites for hydroxylation is 1. The summed E-state index contributed by atoms with van der Waals surface area (Å²) in [6, 6.07) is 8.44. The van der Waals surface area contributed by atoms with Crippen molar-refractivity contribution in [2.45, 2.75) is 26.8 Å². The van der Waals surface area contributed by atoms with Gasteiger partial charge >= 0.3 is 0 Å². The Labute approximate surface area is 104 Å². The highest BCUT2D eigenvalue weighted by Crippen LogP contribution is 2.26. The second kappa shape index (κ2) is 6.27. The maximum atomic E-state index is 9.19. The average molecular weight is 232 g/mol. The monoisotopic (exact) mass is 232 g/mol. The van der Waals surface area contributed by atoms with Crippen LogP contribution in [0, 0.1) is 18.3 Å². The van der Waals surface area contributed by atoms with Crippen molar-refractivity contribution in [1.29, 1.82) is 5.26 Å². The van der Waals surface area contributed by atoms with Crippen LogP contribution in [0.5, 0.6) is 0 Å². The van der Waals surface area contributed by atoms with Crippen molar-refractivity contribution < 1.29 is 4.74 Å². The molecule has 3 heteroatoms. The molecular weight excluding hydrogens is 212 g/mol. The first-order valence-corrected chi connectivity index (χ1v) is 5.87. The fraction of sp³-hybridized carbons (Fsp3) is 0.500. The van der Waals surface area contributed by atoms with Gasteiger partial charge in [0.15, 0.2) is 0 Å². The summed E-state index contributed by atoms with van der Waals surface area (Å²) in [7, 11) is 1.70. The lowest BCUT2D eigenvalue weighted by atomic mass is 10.1. The molecular formula is C14H20N2O. The van der Waals surface area contributed by atoms with Crippen LogP contribution in [-0.2, 0) is 4.74 Å². The Morgan fingerprint density at radius 3 is 2.65 bits per heavy atom. The predicted molar refractivity (Wildman–Crippen MR) is 70.3 cm³/mol. The molecule has 17 heavy (non-hydrogen) atoms. The van der Waals surface area contributed by atoms with E-state index >= 15 is 0 Å². The Balaban J connectivity index is 3.13. The maximum Gasteiger partial charge on any atom is 0.101 e. The predicted octanol–water partition coefficient (Wildman–Crippen LogP) is 2.73. The molecule has 0 amide bonds. The van der Waals surface area contributed by atoms with Crippen LogP contribution in [0.3, 0.4) is 0 Å². The number of benzene rings is 1. The van der Waals surface area contributed by atoms with Gasteiger partial charge in [-0.15, -0.1) is 0 Å². The topological polar surface area (TPSA) is 36.3 Å². The minimum absolute atomic E-state index is 0.346. The third kappa shape index (κ3) is 3.21. The van der Waals surface area contributed by atoms with E-state index < -0.39 is 0 Å². The highest BCUT2D eigenvalue weighted by molar-refractivity contribution is 5.64. The number of hydrogen-bond acceptors (Lipinski definition) is 3. The van der Waals surface area contributed by atoms with Crippen LogP contribution in [0.15, 0.2) is 18.2 Å². The molecule has 0 unspecified atom stereocenters. The van der Waals surface area contributed by atoms with Gasteiger partial charge in [-0.2, -0.15) is 5.26 Å². The van der Waals surface area contributed by atoms with Crippen LogP contribution in [-0.4, -0.2) is 26.3 Å². The maximum absolute atomic E-state index is 9.19. The molecule has 0 saturated heterocycles. The van der Waals surface area contributed by atoms with Crippen molar-refractivity contribution in [3.05, 3.63) is 29.3 Å². The summed E-state index contributed by atoms with van der Waals surface area (Å²) in [4.78, 5) is 2.22. The molecule has 0 bridgehead atoms. The zero-order valence-corrected chi connectivity index (χ0v) is 11.0. The van der Waals surface area contributed by atoms with Crippen LogP contribution in [0.25, 0.3) is 0 Å². The number of nitriles is 1. The average Bonchev–Trinajstić information content (AvgIpc) is 2.30. The molecule has 1 aromatic carbocycles. The molecule has 0 fully saturated rings. The first-order valence-electron chi connectivity index (χ1n) is 5.87. The third-order valence-electron chi connectivity index (χ3n) is 2.81. The van der Waals surface area contributed by atoms with Crippen LogP contribution in [0.4, 0.5) is 5.69 Å². The van der Waals surface area contributed by atoms with Crippen molar-refractivity contribution in [3.63, 3.8) is 0 Å². The Morgan fingerprint density at radius 2 is 2.12 bits per heavy atom. The summed E-state index contributed by atoms with van der Waals surface area (Å²) in [6.45, 7) is 7.76. The van der Waals surface area contributed by atoms with E-state index in [0.717, 1.165) is 23.4 Å². The lowest BCUT2D eigenvalue weighted by Crippen LogP contribution is -2.35. The van der Waals surface area contributed by atoms with Crippen LogP contribution in [0.1, 0.15) is 25.0 Å². The molecule has 0 N–H and O–H groups in total. The lowest BCUT2D eigenvalue weighted by Gasteiger charge is -2.31. The van der Waals surface area contributed by atoms with Gasteiger partial charge in [-0.25, -0.2) is 0 Å². The minimum atomic E-state index is 0.346. The Bertz CT molecular complexity index is 407. The van der Waals surface area contributed by atoms with E-state index in [0.29, 0.717) is 12.6 Å². The van der Waals surface area contributed by atoms with Gasteiger partial charge in [0.1, 0.15) is 6.07 Å². The Kier molecular flexibility index (Phi) is 4.99. The molecule has 0 aliphatic rings. The first kappa shape index (κ1) is 13.5. The number of hydrogen-bond donors (Lipinski definition) is 0. The number of nitrogens with zero attached hydrogens (tertiary/aromatic N) is 2. The molecule has 0 radical (unpaired) electrons. The van der Waals surface area contributed by atoms with E-state index in [9.17, 15) is 5.26 Å². The molecule has 92 valence electrons. The first-order chi connectivity index (χ1) is 8.11. The molecule has 0 heterocycles. The van der Waals surface area contributed by atoms with Gasteiger partial charge in [0.05, 0.1) is 17.9 Å². The minimum Gasteiger partial charge on any atom is -0.383 e. The van der Waals surface area contributed by atoms with Gasteiger partial charge < -0.3 is 9.64 Å². The summed E-state index contributed by atoms with van der Waals surface area (Å²) < 4.78 is 5.13. The van der Waals surface area contributed by atoms with E-state index in [1.165, 1.54) is 0 Å². The van der Waals surface area contributed by atoms with Crippen molar-refractivity contribution in [3.8, 4) is 6.07 Å². The standard InChI is InChI=1S/C14H20N2O/c1-11(2)16(8-9-17-4)14-12(3)6-5-7-13(14)10-15/h5-7,11H,8-9H2,1-4H3. The summed E-state index contributed by atoms with van der Waals surface area (Å²) in [5, 5.41) is 9.19. The van der Waals surface area contributed by atoms with Gasteiger partial charge in [0.25, 0.3) is 0 Å². The molecule has 0 aromatic heterocycles. The summed E-state index contributed by atoms with van der Waals surface area (Å²) in [6.07, 6.45) is 0. The fourth-order valence-electron chi connectivity index (χ4n) is 1.95. The quantitative estimate of drug-likeness (QED) is 0.783. The van der Waals surface area contributed by atoms with E-state index in [-0.39, 0.29) is 0 Å². The van der Waals surface area contributed by atoms with Crippen LogP contribution < -0.4 is 4.90 Å². The summed E-state index contributed by atoms with van der Waals surface area (Å²) in [5.74, 6) is 0. The van der Waals surface area contributed by atoms with Gasteiger partial charge in [0.2, 0.25) is 0 Å². The zero-order valence-electron chi connectivity index (χ0n) is 11.0. The van der Waals surface area contributed by atoms with Crippen molar-refractivity contribution in [2.75, 3.05) is 25.2 Å². The number of rotatable bonds is 5. The van der Waals surface area contributed by atoms with E-state index in [1.807, 2.05) is 25.1 Å². The number of methoxy groups -OCH3 is 1.